The van der Waals surface area contributed by atoms with Crippen LogP contribution in [-0.4, -0.2) is 22.4 Å². The molecule has 0 unspecified atom stereocenters. The number of thiazole rings is 1. The van der Waals surface area contributed by atoms with Crippen LogP contribution in [0.3, 0.4) is 0 Å². The molecule has 0 atom stereocenters. The zero-order valence-electron chi connectivity index (χ0n) is 11.1. The SMILES string of the molecule is Cc1nc(CCNC(=O)c2cccc(C(N)=S)c2)cs1. The smallest absolute Gasteiger partial charge is 0.251 e. The highest BCUT2D eigenvalue weighted by Gasteiger charge is 2.07. The normalized spacial score (nSPS) is 10.2. The van der Waals surface area contributed by atoms with Gasteiger partial charge in [0.05, 0.1) is 10.7 Å². The molecule has 20 heavy (non-hydrogen) atoms. The fraction of sp³-hybridized carbons (Fsp3) is 0.214. The largest absolute Gasteiger partial charge is 0.389 e. The first-order valence-corrected chi connectivity index (χ1v) is 7.44. The van der Waals surface area contributed by atoms with Gasteiger partial charge in [-0.05, 0) is 19.1 Å². The van der Waals surface area contributed by atoms with Crippen molar-refractivity contribution >= 4 is 34.5 Å². The number of aromatic nitrogens is 1. The molecule has 0 aliphatic carbocycles. The highest BCUT2D eigenvalue weighted by Crippen LogP contribution is 2.08. The minimum absolute atomic E-state index is 0.130. The predicted octanol–water partition coefficient (Wildman–Crippen LogP) is 2.06. The molecule has 1 aromatic carbocycles. The van der Waals surface area contributed by atoms with Gasteiger partial charge in [-0.1, -0.05) is 24.4 Å². The summed E-state index contributed by atoms with van der Waals surface area (Å²) >= 11 is 6.51. The molecule has 0 saturated carbocycles. The first-order valence-electron chi connectivity index (χ1n) is 6.15. The maximum absolute atomic E-state index is 12.0. The maximum Gasteiger partial charge on any atom is 0.251 e. The summed E-state index contributed by atoms with van der Waals surface area (Å²) in [7, 11) is 0. The average molecular weight is 305 g/mol. The van der Waals surface area contributed by atoms with E-state index in [-0.39, 0.29) is 10.9 Å². The summed E-state index contributed by atoms with van der Waals surface area (Å²) in [5.41, 5.74) is 7.82. The number of nitrogens with zero attached hydrogens (tertiary/aromatic N) is 1. The van der Waals surface area contributed by atoms with Gasteiger partial charge < -0.3 is 11.1 Å². The van der Waals surface area contributed by atoms with E-state index in [9.17, 15) is 4.79 Å². The topological polar surface area (TPSA) is 68.0 Å². The Labute approximate surface area is 127 Å². The van der Waals surface area contributed by atoms with Crippen LogP contribution >= 0.6 is 23.6 Å². The highest BCUT2D eigenvalue weighted by molar-refractivity contribution is 7.80. The predicted molar refractivity (Wildman–Crippen MR) is 85.2 cm³/mol. The van der Waals surface area contributed by atoms with E-state index in [0.717, 1.165) is 17.1 Å². The maximum atomic E-state index is 12.0. The summed E-state index contributed by atoms with van der Waals surface area (Å²) in [6.07, 6.45) is 0.727. The zero-order valence-corrected chi connectivity index (χ0v) is 12.7. The molecule has 0 radical (unpaired) electrons. The number of thiocarbonyl (C=S) groups is 1. The van der Waals surface area contributed by atoms with Crippen molar-refractivity contribution in [3.8, 4) is 0 Å². The summed E-state index contributed by atoms with van der Waals surface area (Å²) < 4.78 is 0. The number of amides is 1. The molecule has 2 rings (SSSR count). The Kier molecular flexibility index (Phi) is 4.81. The van der Waals surface area contributed by atoms with Gasteiger partial charge in [-0.2, -0.15) is 0 Å². The molecule has 0 aliphatic rings. The van der Waals surface area contributed by atoms with Crippen LogP contribution in [0.15, 0.2) is 29.6 Å². The lowest BCUT2D eigenvalue weighted by Crippen LogP contribution is -2.26. The molecule has 0 saturated heterocycles. The number of nitrogens with one attached hydrogen (secondary N) is 1. The average Bonchev–Trinajstić information content (AvgIpc) is 2.84. The van der Waals surface area contributed by atoms with E-state index in [2.05, 4.69) is 10.3 Å². The van der Waals surface area contributed by atoms with Crippen molar-refractivity contribution < 1.29 is 4.79 Å². The van der Waals surface area contributed by atoms with Crippen molar-refractivity contribution in [1.82, 2.24) is 10.3 Å². The molecule has 1 amide bonds. The van der Waals surface area contributed by atoms with Crippen LogP contribution in [0.25, 0.3) is 0 Å². The van der Waals surface area contributed by atoms with Gasteiger partial charge in [0, 0.05) is 29.5 Å². The minimum atomic E-state index is -0.130. The van der Waals surface area contributed by atoms with E-state index in [1.807, 2.05) is 12.3 Å². The lowest BCUT2D eigenvalue weighted by molar-refractivity contribution is 0.0954. The number of aryl methyl sites for hydroxylation is 1. The van der Waals surface area contributed by atoms with Gasteiger partial charge in [-0.3, -0.25) is 4.79 Å². The summed E-state index contributed by atoms with van der Waals surface area (Å²) in [4.78, 5) is 16.6. The quantitative estimate of drug-likeness (QED) is 0.830. The van der Waals surface area contributed by atoms with E-state index in [1.54, 1.807) is 35.6 Å². The van der Waals surface area contributed by atoms with Gasteiger partial charge in [-0.15, -0.1) is 11.3 Å². The van der Waals surface area contributed by atoms with Gasteiger partial charge in [0.15, 0.2) is 0 Å². The van der Waals surface area contributed by atoms with E-state index in [1.165, 1.54) is 0 Å². The lowest BCUT2D eigenvalue weighted by Gasteiger charge is -2.05. The van der Waals surface area contributed by atoms with Crippen LogP contribution in [0.4, 0.5) is 0 Å². The van der Waals surface area contributed by atoms with E-state index < -0.39 is 0 Å². The van der Waals surface area contributed by atoms with Crippen LogP contribution in [0.5, 0.6) is 0 Å². The Balaban J connectivity index is 1.91. The molecule has 104 valence electrons. The van der Waals surface area contributed by atoms with Crippen molar-refractivity contribution in [2.45, 2.75) is 13.3 Å². The third-order valence-corrected chi connectivity index (χ3v) is 3.80. The second-order valence-corrected chi connectivity index (χ2v) is 5.81. The molecule has 1 heterocycles. The third-order valence-electron chi connectivity index (χ3n) is 2.74. The number of rotatable bonds is 5. The summed E-state index contributed by atoms with van der Waals surface area (Å²) in [6.45, 7) is 2.52. The Bertz CT molecular complexity index is 637. The number of carbonyl (C=O) groups is 1. The molecule has 0 spiro atoms. The number of hydrogen-bond acceptors (Lipinski definition) is 4. The monoisotopic (exact) mass is 305 g/mol. The first kappa shape index (κ1) is 14.6. The fourth-order valence-corrected chi connectivity index (χ4v) is 2.52. The van der Waals surface area contributed by atoms with Crippen LogP contribution in [0.2, 0.25) is 0 Å². The van der Waals surface area contributed by atoms with Gasteiger partial charge >= 0.3 is 0 Å². The number of benzene rings is 1. The van der Waals surface area contributed by atoms with Crippen molar-refractivity contribution in [2.75, 3.05) is 6.54 Å². The third kappa shape index (κ3) is 3.85. The Morgan fingerprint density at radius 3 is 2.85 bits per heavy atom. The molecule has 0 bridgehead atoms. The fourth-order valence-electron chi connectivity index (χ4n) is 1.74. The Hall–Kier alpha value is -1.79. The van der Waals surface area contributed by atoms with Crippen LogP contribution in [-0.2, 0) is 6.42 Å². The van der Waals surface area contributed by atoms with Crippen LogP contribution < -0.4 is 11.1 Å². The molecule has 4 nitrogen and oxygen atoms in total. The molecule has 6 heteroatoms. The van der Waals surface area contributed by atoms with E-state index in [4.69, 9.17) is 18.0 Å². The first-order chi connectivity index (χ1) is 9.56. The molecule has 0 fully saturated rings. The summed E-state index contributed by atoms with van der Waals surface area (Å²) in [5, 5.41) is 5.91. The summed E-state index contributed by atoms with van der Waals surface area (Å²) in [6, 6.07) is 7.00. The minimum Gasteiger partial charge on any atom is -0.389 e. The van der Waals surface area contributed by atoms with Gasteiger partial charge in [0.25, 0.3) is 5.91 Å². The molecular weight excluding hydrogens is 290 g/mol. The zero-order chi connectivity index (χ0) is 14.5. The van der Waals surface area contributed by atoms with Crippen molar-refractivity contribution in [3.63, 3.8) is 0 Å². The highest BCUT2D eigenvalue weighted by atomic mass is 32.1. The van der Waals surface area contributed by atoms with E-state index in [0.29, 0.717) is 17.7 Å². The molecule has 3 N–H and O–H groups in total. The second-order valence-electron chi connectivity index (χ2n) is 4.31. The van der Waals surface area contributed by atoms with Gasteiger partial charge in [-0.25, -0.2) is 4.98 Å². The lowest BCUT2D eigenvalue weighted by atomic mass is 10.1. The summed E-state index contributed by atoms with van der Waals surface area (Å²) in [5.74, 6) is -0.130. The molecule has 2 aromatic rings. The Morgan fingerprint density at radius 2 is 2.20 bits per heavy atom. The van der Waals surface area contributed by atoms with Crippen LogP contribution in [0.1, 0.15) is 26.6 Å². The van der Waals surface area contributed by atoms with Crippen molar-refractivity contribution in [3.05, 3.63) is 51.5 Å². The van der Waals surface area contributed by atoms with Crippen molar-refractivity contribution in [1.29, 1.82) is 0 Å². The molecular formula is C14H15N3OS2. The number of nitrogens with two attached hydrogens (primary N) is 1. The number of hydrogen-bond donors (Lipinski definition) is 2. The molecule has 0 aliphatic heterocycles. The van der Waals surface area contributed by atoms with Crippen LogP contribution in [0, 0.1) is 6.92 Å². The Morgan fingerprint density at radius 1 is 1.45 bits per heavy atom. The standard InChI is InChI=1S/C14H15N3OS2/c1-9-17-12(8-20-9)5-6-16-14(18)11-4-2-3-10(7-11)13(15)19/h2-4,7-8H,5-6H2,1H3,(H2,15,19)(H,16,18). The second kappa shape index (κ2) is 6.58. The van der Waals surface area contributed by atoms with E-state index >= 15 is 0 Å². The molecule has 1 aromatic heterocycles. The van der Waals surface area contributed by atoms with Crippen molar-refractivity contribution in [2.24, 2.45) is 5.73 Å². The van der Waals surface area contributed by atoms with Gasteiger partial charge in [0.2, 0.25) is 0 Å². The number of carbonyl (C=O) groups excluding carboxylic acids is 1. The van der Waals surface area contributed by atoms with Gasteiger partial charge in [0.1, 0.15) is 4.99 Å².